The van der Waals surface area contributed by atoms with Gasteiger partial charge in [-0.1, -0.05) is 18.2 Å². The monoisotopic (exact) mass is 1320 g/mol. The van der Waals surface area contributed by atoms with Crippen LogP contribution < -0.4 is 9.47 Å². The number of methoxy groups -OCH3 is 2. The number of imide groups is 2. The number of aromatic hydroxyl groups is 1. The van der Waals surface area contributed by atoms with E-state index in [1.54, 1.807) is 85.2 Å². The lowest BCUT2D eigenvalue weighted by atomic mass is 10.0. The number of carbonyl (C=O) groups is 6. The number of hydrogen-bond donors (Lipinski definition) is 5. The number of halogens is 4. The van der Waals surface area contributed by atoms with Gasteiger partial charge in [-0.3, -0.25) is 38.7 Å². The Kier molecular flexibility index (Phi) is 49.7. The van der Waals surface area contributed by atoms with E-state index in [0.717, 1.165) is 73.3 Å². The normalized spacial score (nSPS) is 13.6. The zero-order chi connectivity index (χ0) is 67.3. The zero-order valence-corrected chi connectivity index (χ0v) is 57.9. The summed E-state index contributed by atoms with van der Waals surface area (Å²) in [5.41, 5.74) is 3.54. The molecule has 0 saturated carbocycles. The van der Waals surface area contributed by atoms with E-state index in [1.165, 1.54) is 46.1 Å². The average molecular weight is 1330 g/mol. The molecule has 0 unspecified atom stereocenters. The number of amides is 5. The summed E-state index contributed by atoms with van der Waals surface area (Å²) in [6.45, 7) is 25.5. The number of hydrogen-bond acceptors (Lipinski definition) is 18. The number of ether oxygens (including phenoxy) is 5. The molecule has 87 heavy (non-hydrogen) atoms. The van der Waals surface area contributed by atoms with Crippen molar-refractivity contribution in [3.05, 3.63) is 88.5 Å². The second kappa shape index (κ2) is 50.0. The van der Waals surface area contributed by atoms with Gasteiger partial charge in [-0.25, -0.2) is 34.9 Å². The van der Waals surface area contributed by atoms with Crippen LogP contribution in [0.2, 0.25) is 0 Å². The number of rotatable bonds is 15. The molecule has 1 saturated heterocycles. The molecule has 0 bridgehead atoms. The molecule has 5 rings (SSSR count). The fourth-order valence-electron chi connectivity index (χ4n) is 6.66. The number of aliphatic hydroxyl groups excluding tert-OH is 4. The van der Waals surface area contributed by atoms with E-state index in [9.17, 15) is 33.9 Å². The van der Waals surface area contributed by atoms with Crippen molar-refractivity contribution in [2.75, 3.05) is 127 Å². The Hall–Kier alpha value is -4.77. The minimum atomic E-state index is -1.72. The Balaban J connectivity index is -0.000000993. The van der Waals surface area contributed by atoms with Crippen LogP contribution in [0.1, 0.15) is 102 Å². The molecule has 1 fully saturated rings. The molecule has 2 aromatic carbocycles. The van der Waals surface area contributed by atoms with Crippen molar-refractivity contribution in [2.24, 2.45) is 0 Å². The lowest BCUT2D eigenvalue weighted by Gasteiger charge is -2.25. The molecule has 0 atom stereocenters. The van der Waals surface area contributed by atoms with Crippen LogP contribution in [-0.2, 0) is 38.2 Å². The first-order valence-electron chi connectivity index (χ1n) is 28.2. The minimum Gasteiger partial charge on any atom is -0.504 e. The number of likely N-dealkylation sites (N-methyl/N-ethyl adjacent to an activating group) is 2. The molecule has 0 spiro atoms. The van der Waals surface area contributed by atoms with E-state index in [1.807, 2.05) is 65.7 Å². The summed E-state index contributed by atoms with van der Waals surface area (Å²) in [4.78, 5) is 77.3. The van der Waals surface area contributed by atoms with Gasteiger partial charge in [0.15, 0.2) is 11.5 Å². The summed E-state index contributed by atoms with van der Waals surface area (Å²) in [6.07, 6.45) is 14.2. The van der Waals surface area contributed by atoms with Gasteiger partial charge in [0.25, 0.3) is 23.6 Å². The van der Waals surface area contributed by atoms with Gasteiger partial charge in [-0.2, -0.15) is 0 Å². The maximum absolute atomic E-state index is 12.0. The predicted octanol–water partition coefficient (Wildman–Crippen LogP) is 8.41. The fraction of sp³-hybridized carbons (Fsp3) is 0.574. The van der Waals surface area contributed by atoms with Crippen molar-refractivity contribution in [3.63, 3.8) is 0 Å². The Morgan fingerprint density at radius 2 is 1.13 bits per heavy atom. The van der Waals surface area contributed by atoms with Crippen molar-refractivity contribution in [2.45, 2.75) is 106 Å². The molecule has 2 aromatic rings. The van der Waals surface area contributed by atoms with Crippen LogP contribution in [-0.4, -0.2) is 235 Å². The Morgan fingerprint density at radius 1 is 0.690 bits per heavy atom. The van der Waals surface area contributed by atoms with Gasteiger partial charge in [-0.05, 0) is 173 Å². The average Bonchev–Trinajstić information content (AvgIpc) is 3.66. The van der Waals surface area contributed by atoms with E-state index in [0.29, 0.717) is 56.6 Å². The van der Waals surface area contributed by atoms with Crippen molar-refractivity contribution < 1.29 is 78.0 Å². The number of carbonyl (C=O) groups excluding carboxylic acids is 6. The Bertz CT molecular complexity index is 2310. The number of morpholine rings is 1. The predicted molar refractivity (Wildman–Crippen MR) is 349 cm³/mol. The molecule has 494 valence electrons. The SMILES string of the molecule is CC(C)(C)OC(=O)CCCO.CCO.CN(C)CCO.CN(CCO)C(=O)OC(C)(C)C.COc1cc(/C=C/C(=O)N2CCC=CC2=O)cc(C)c1C.COc1cc(/C=C/C(=O)N2CCC=CC2=O)cc(C)c1O.ClCCN1CCOCC1.[Cl][Al]([Cl])[Cl]. The second-order valence-corrected chi connectivity index (χ2v) is 27.8. The van der Waals surface area contributed by atoms with Gasteiger partial charge in [0.2, 0.25) is 0 Å². The number of nitrogens with zero attached hydrogens (tertiary/aromatic N) is 5. The lowest BCUT2D eigenvalue weighted by molar-refractivity contribution is -0.155. The molecule has 3 aliphatic rings. The quantitative estimate of drug-likeness (QED) is 0.0485. The first-order chi connectivity index (χ1) is 40.7. The van der Waals surface area contributed by atoms with Crippen LogP contribution in [0.5, 0.6) is 17.2 Å². The number of aliphatic hydroxyl groups is 4. The third-order valence-corrected chi connectivity index (χ3v) is 11.2. The van der Waals surface area contributed by atoms with Crippen molar-refractivity contribution >= 4 is 101 Å². The first-order valence-corrected chi connectivity index (χ1v) is 34.0. The number of benzene rings is 2. The summed E-state index contributed by atoms with van der Waals surface area (Å²) in [5.74, 6) is 0.515. The van der Waals surface area contributed by atoms with Crippen LogP contribution in [0.3, 0.4) is 0 Å². The van der Waals surface area contributed by atoms with Gasteiger partial charge in [0, 0.05) is 90.5 Å². The third-order valence-electron chi connectivity index (χ3n) is 11.0. The molecule has 3 heterocycles. The summed E-state index contributed by atoms with van der Waals surface area (Å²) < 4.78 is 25.6. The third kappa shape index (κ3) is 45.2. The van der Waals surface area contributed by atoms with Crippen LogP contribution in [0.15, 0.2) is 60.7 Å². The number of esters is 1. The van der Waals surface area contributed by atoms with Gasteiger partial charge in [0.1, 0.15) is 17.0 Å². The highest BCUT2D eigenvalue weighted by atomic mass is 35.8. The van der Waals surface area contributed by atoms with E-state index < -0.39 is 28.7 Å². The molecule has 5 N–H and O–H groups in total. The number of phenols is 1. The minimum absolute atomic E-state index is 0.0409. The van der Waals surface area contributed by atoms with E-state index >= 15 is 0 Å². The highest BCUT2D eigenvalue weighted by molar-refractivity contribution is 7.54. The van der Waals surface area contributed by atoms with Gasteiger partial charge >= 0.3 is 23.4 Å². The molecule has 3 aliphatic heterocycles. The zero-order valence-electron chi connectivity index (χ0n) is 53.7. The number of alkyl halides is 1. The van der Waals surface area contributed by atoms with Crippen LogP contribution in [0.4, 0.5) is 4.79 Å². The van der Waals surface area contributed by atoms with E-state index in [-0.39, 0.29) is 61.8 Å². The second-order valence-electron chi connectivity index (χ2n) is 21.0. The summed E-state index contributed by atoms with van der Waals surface area (Å²) in [6, 6.07) is 7.23. The van der Waals surface area contributed by atoms with Crippen LogP contribution >= 0.6 is 41.7 Å². The Morgan fingerprint density at radius 3 is 1.49 bits per heavy atom. The maximum Gasteiger partial charge on any atom is 0.643 e. The molecule has 5 amide bonds. The Labute approximate surface area is 539 Å². The van der Waals surface area contributed by atoms with E-state index in [2.05, 4.69) is 4.90 Å². The van der Waals surface area contributed by atoms with E-state index in [4.69, 9.17) is 85.9 Å². The molecule has 0 radical (unpaired) electrons. The van der Waals surface area contributed by atoms with Crippen molar-refractivity contribution in [1.82, 2.24) is 24.5 Å². The van der Waals surface area contributed by atoms with Gasteiger partial charge < -0.3 is 59.0 Å². The lowest BCUT2D eigenvalue weighted by Crippen LogP contribution is -2.37. The van der Waals surface area contributed by atoms with Gasteiger partial charge in [0.05, 0.1) is 40.6 Å². The summed E-state index contributed by atoms with van der Waals surface area (Å²) >= 11 is 3.83. The molecule has 21 nitrogen and oxygen atoms in total. The fourth-order valence-corrected chi connectivity index (χ4v) is 6.90. The largest absolute Gasteiger partial charge is 0.643 e. The molecular weight excluding hydrogens is 1230 g/mol. The molecule has 26 heteroatoms. The highest BCUT2D eigenvalue weighted by Gasteiger charge is 2.22. The standard InChI is InChI=1S/C17H19NO3.C16H17NO4.C8H17NO3.C8H16O3.C6H12ClNO.C4H11NO.C2H6O.Al.3ClH/c1-12-10-14(11-15(21-3)13(12)2)7-8-17(20)18-9-5-4-6-16(18)19;1-11-9-12(10-13(21-2)16(11)20)6-7-15(19)17-8-4-3-5-14(17)18;1-8(2,3)12-7(11)9(4)5-6-10;1-8(2,3)11-7(10)5-4-6-9;7-1-2-8-3-5-9-6-4-8;1-5(2)3-4-6;1-2-3;;;;/h4,6-8,10-11H,5,9H2,1-3H3;3,5-7,9-10,20H,4,8H2,1-2H3;10H,5-6H2,1-4H3;9H,4-6H2,1-3H3;1-6H2;6H,3-4H2,1-2H3;3H,2H2,1H3;;3*1H/q;;;;;;;+3;;;/p-3/b8-7+;7-6+;;;;;;;;;. The topological polar surface area (TPSA) is 266 Å². The molecular formula is C61H98AlCl4N5O16. The van der Waals surface area contributed by atoms with Crippen LogP contribution in [0.25, 0.3) is 12.2 Å². The summed E-state index contributed by atoms with van der Waals surface area (Å²) in [5, 5.41) is 42.5. The summed E-state index contributed by atoms with van der Waals surface area (Å²) in [7, 11) is 23.4. The van der Waals surface area contributed by atoms with Crippen molar-refractivity contribution in [1.29, 1.82) is 0 Å². The van der Waals surface area contributed by atoms with Crippen LogP contribution in [0, 0.1) is 20.8 Å². The number of aryl methyl sites for hydroxylation is 2. The smallest absolute Gasteiger partial charge is 0.504 e. The highest BCUT2D eigenvalue weighted by Crippen LogP contribution is 2.31. The molecule has 0 aliphatic carbocycles. The first kappa shape index (κ1) is 86.4. The maximum atomic E-state index is 12.0. The van der Waals surface area contributed by atoms with Crippen molar-refractivity contribution in [3.8, 4) is 17.2 Å². The molecule has 0 aromatic heterocycles. The number of phenolic OH excluding ortho intramolecular Hbond substituents is 1. The van der Waals surface area contributed by atoms with Gasteiger partial charge in [-0.15, -0.1) is 11.6 Å².